The van der Waals surface area contributed by atoms with E-state index in [2.05, 4.69) is 30.9 Å². The molecule has 0 aliphatic carbocycles. The topological polar surface area (TPSA) is 96.4 Å². The third-order valence-corrected chi connectivity index (χ3v) is 8.27. The van der Waals surface area contributed by atoms with Crippen molar-refractivity contribution in [2.75, 3.05) is 26.7 Å². The lowest BCUT2D eigenvalue weighted by Crippen LogP contribution is -2.48. The van der Waals surface area contributed by atoms with Crippen LogP contribution in [-0.2, 0) is 21.4 Å². The van der Waals surface area contributed by atoms with Crippen molar-refractivity contribution in [3.05, 3.63) is 54.1 Å². The maximum atomic E-state index is 13.6. The molecule has 2 aromatic carbocycles. The van der Waals surface area contributed by atoms with Crippen LogP contribution in [0.3, 0.4) is 0 Å². The summed E-state index contributed by atoms with van der Waals surface area (Å²) in [5.41, 5.74) is 1.22. The zero-order valence-electron chi connectivity index (χ0n) is 21.5. The summed E-state index contributed by atoms with van der Waals surface area (Å²) < 4.78 is 72.2. The van der Waals surface area contributed by atoms with E-state index in [9.17, 15) is 21.6 Å². The number of para-hydroxylation sites is 1. The van der Waals surface area contributed by atoms with E-state index in [-0.39, 0.29) is 18.1 Å². The number of likely N-dealkylation sites (tertiary alicyclic amines) is 1. The molecule has 12 heteroatoms. The molecule has 2 aliphatic heterocycles. The van der Waals surface area contributed by atoms with Gasteiger partial charge in [0.15, 0.2) is 0 Å². The van der Waals surface area contributed by atoms with Crippen molar-refractivity contribution >= 4 is 16.0 Å². The average molecular weight is 559 g/mol. The van der Waals surface area contributed by atoms with E-state index in [0.717, 1.165) is 38.2 Å². The van der Waals surface area contributed by atoms with Crippen LogP contribution in [-0.4, -0.2) is 73.8 Å². The molecule has 2 heterocycles. The van der Waals surface area contributed by atoms with E-state index < -0.39 is 22.2 Å². The van der Waals surface area contributed by atoms with Crippen LogP contribution in [0.4, 0.5) is 13.2 Å². The number of fused-ring (bicyclic) bond motifs is 2. The van der Waals surface area contributed by atoms with Crippen LogP contribution < -0.4 is 9.47 Å². The Morgan fingerprint density at radius 2 is 1.71 bits per heavy atom. The van der Waals surface area contributed by atoms with Crippen LogP contribution >= 0.6 is 0 Å². The standard InChI is InChI=1S/C24H32N2O4S.C2HF3O2/c1-18(2)16-26-21-12-14-25(17-19-8-10-20(29-3)11-9-19)15-13-22(21)30-23-6-4-5-7-24(23)31(26,27)28;3-2(4,5)1(6)7/h4-11,18,21-22H,12-17H2,1-3H3;(H,6,7)/t21-,22-;/m0./s1. The second-order valence-electron chi connectivity index (χ2n) is 9.64. The Hall–Kier alpha value is -2.83. The molecule has 2 aromatic rings. The third-order valence-electron chi connectivity index (χ3n) is 6.34. The highest BCUT2D eigenvalue weighted by Crippen LogP contribution is 2.37. The van der Waals surface area contributed by atoms with E-state index >= 15 is 0 Å². The van der Waals surface area contributed by atoms with Crippen molar-refractivity contribution in [2.24, 2.45) is 5.92 Å². The second-order valence-corrected chi connectivity index (χ2v) is 11.5. The smallest absolute Gasteiger partial charge is 0.490 e. The minimum atomic E-state index is -5.08. The number of aliphatic carboxylic acids is 1. The van der Waals surface area contributed by atoms with Gasteiger partial charge in [-0.05, 0) is 48.6 Å². The number of sulfonamides is 1. The molecule has 0 spiro atoms. The minimum absolute atomic E-state index is 0.155. The quantitative estimate of drug-likeness (QED) is 0.581. The van der Waals surface area contributed by atoms with E-state index in [1.807, 2.05) is 18.2 Å². The van der Waals surface area contributed by atoms with Crippen LogP contribution in [0.5, 0.6) is 11.5 Å². The summed E-state index contributed by atoms with van der Waals surface area (Å²) in [6, 6.07) is 15.0. The fourth-order valence-corrected chi connectivity index (χ4v) is 6.52. The fraction of sp³-hybridized carbons (Fsp3) is 0.500. The Bertz CT molecular complexity index is 1190. The number of hydrogen-bond donors (Lipinski definition) is 1. The van der Waals surface area contributed by atoms with Crippen molar-refractivity contribution < 1.29 is 41.0 Å². The molecule has 4 rings (SSSR count). The Balaban J connectivity index is 0.000000505. The zero-order valence-corrected chi connectivity index (χ0v) is 22.3. The van der Waals surface area contributed by atoms with Gasteiger partial charge in [0.25, 0.3) is 0 Å². The number of nitrogens with zero attached hydrogens (tertiary/aromatic N) is 2. The molecule has 1 N–H and O–H groups in total. The Morgan fingerprint density at radius 3 is 2.29 bits per heavy atom. The number of ether oxygens (including phenoxy) is 2. The average Bonchev–Trinajstić information content (AvgIpc) is 3.09. The van der Waals surface area contributed by atoms with Gasteiger partial charge in [0.1, 0.15) is 22.5 Å². The number of benzene rings is 2. The Kier molecular flexibility index (Phi) is 9.66. The molecule has 0 amide bonds. The number of hydrogen-bond acceptors (Lipinski definition) is 6. The summed E-state index contributed by atoms with van der Waals surface area (Å²) >= 11 is 0. The summed E-state index contributed by atoms with van der Waals surface area (Å²) in [4.78, 5) is 11.6. The van der Waals surface area contributed by atoms with Gasteiger partial charge in [-0.15, -0.1) is 0 Å². The van der Waals surface area contributed by atoms with Gasteiger partial charge in [-0.2, -0.15) is 17.5 Å². The molecule has 1 saturated heterocycles. The minimum Gasteiger partial charge on any atom is -0.497 e. The van der Waals surface area contributed by atoms with Gasteiger partial charge in [0.2, 0.25) is 10.0 Å². The number of methoxy groups -OCH3 is 1. The third kappa shape index (κ3) is 7.39. The highest BCUT2D eigenvalue weighted by Gasteiger charge is 2.43. The molecule has 0 radical (unpaired) electrons. The molecule has 210 valence electrons. The van der Waals surface area contributed by atoms with Crippen LogP contribution in [0, 0.1) is 5.92 Å². The summed E-state index contributed by atoms with van der Waals surface area (Å²) in [6.07, 6.45) is -3.70. The van der Waals surface area contributed by atoms with E-state index in [0.29, 0.717) is 17.2 Å². The molecular formula is C26H33F3N2O6S. The first-order valence-corrected chi connectivity index (χ1v) is 13.7. The van der Waals surface area contributed by atoms with Gasteiger partial charge in [0.05, 0.1) is 13.2 Å². The Morgan fingerprint density at radius 1 is 1.11 bits per heavy atom. The van der Waals surface area contributed by atoms with Crippen molar-refractivity contribution in [3.8, 4) is 11.5 Å². The molecule has 8 nitrogen and oxygen atoms in total. The maximum absolute atomic E-state index is 13.6. The van der Waals surface area contributed by atoms with E-state index in [1.54, 1.807) is 29.6 Å². The van der Waals surface area contributed by atoms with Crippen molar-refractivity contribution in [3.63, 3.8) is 0 Å². The summed E-state index contributed by atoms with van der Waals surface area (Å²) in [6.45, 7) is 7.16. The lowest BCUT2D eigenvalue weighted by atomic mass is 10.0. The van der Waals surface area contributed by atoms with Gasteiger partial charge in [-0.3, -0.25) is 4.90 Å². The lowest BCUT2D eigenvalue weighted by molar-refractivity contribution is -0.192. The van der Waals surface area contributed by atoms with Gasteiger partial charge in [-0.1, -0.05) is 38.1 Å². The molecule has 0 bridgehead atoms. The molecule has 0 aromatic heterocycles. The number of rotatable bonds is 5. The number of carboxylic acid groups (broad SMARTS) is 1. The SMILES string of the molecule is COc1ccc(CN2CC[C@@H]3Oc4ccccc4S(=O)(=O)N(CC(C)C)[C@H]3CC2)cc1.O=C(O)C(F)(F)F. The maximum Gasteiger partial charge on any atom is 0.490 e. The van der Waals surface area contributed by atoms with Gasteiger partial charge < -0.3 is 14.6 Å². The number of carbonyl (C=O) groups is 1. The van der Waals surface area contributed by atoms with Crippen molar-refractivity contribution in [1.82, 2.24) is 9.21 Å². The number of alkyl halides is 3. The highest BCUT2D eigenvalue weighted by atomic mass is 32.2. The molecular weight excluding hydrogens is 525 g/mol. The summed E-state index contributed by atoms with van der Waals surface area (Å²) in [5.74, 6) is -1.19. The molecule has 38 heavy (non-hydrogen) atoms. The molecule has 0 unspecified atom stereocenters. The number of halogens is 3. The van der Waals surface area contributed by atoms with E-state index in [1.165, 1.54) is 5.56 Å². The first kappa shape index (κ1) is 29.7. The van der Waals surface area contributed by atoms with Crippen LogP contribution in [0.15, 0.2) is 53.4 Å². The Labute approximate surface area is 221 Å². The van der Waals surface area contributed by atoms with Gasteiger partial charge in [0, 0.05) is 26.2 Å². The van der Waals surface area contributed by atoms with Crippen molar-refractivity contribution in [2.45, 2.75) is 56.5 Å². The highest BCUT2D eigenvalue weighted by molar-refractivity contribution is 7.89. The van der Waals surface area contributed by atoms with Crippen LogP contribution in [0.25, 0.3) is 0 Å². The molecule has 0 saturated carbocycles. The molecule has 2 atom stereocenters. The first-order chi connectivity index (χ1) is 17.8. The van der Waals surface area contributed by atoms with Gasteiger partial charge in [-0.25, -0.2) is 13.2 Å². The normalized spacial score (nSPS) is 21.6. The fourth-order valence-electron chi connectivity index (χ4n) is 4.55. The van der Waals surface area contributed by atoms with Crippen LogP contribution in [0.2, 0.25) is 0 Å². The predicted octanol–water partition coefficient (Wildman–Crippen LogP) is 4.40. The molecule has 1 fully saturated rings. The summed E-state index contributed by atoms with van der Waals surface area (Å²) in [7, 11) is -1.94. The molecule has 2 aliphatic rings. The monoisotopic (exact) mass is 558 g/mol. The largest absolute Gasteiger partial charge is 0.497 e. The van der Waals surface area contributed by atoms with E-state index in [4.69, 9.17) is 19.4 Å². The zero-order chi connectivity index (χ0) is 28.1. The number of carboxylic acids is 1. The summed E-state index contributed by atoms with van der Waals surface area (Å²) in [5, 5.41) is 7.12. The first-order valence-electron chi connectivity index (χ1n) is 12.3. The van der Waals surface area contributed by atoms with Crippen molar-refractivity contribution in [1.29, 1.82) is 0 Å². The van der Waals surface area contributed by atoms with Gasteiger partial charge >= 0.3 is 12.1 Å². The lowest BCUT2D eigenvalue weighted by Gasteiger charge is -2.32. The van der Waals surface area contributed by atoms with Crippen LogP contribution in [0.1, 0.15) is 32.3 Å². The second kappa shape index (κ2) is 12.4. The predicted molar refractivity (Wildman–Crippen MR) is 135 cm³/mol.